The highest BCUT2D eigenvalue weighted by molar-refractivity contribution is 6.03. The molecule has 0 saturated carbocycles. The number of nitrogens with zero attached hydrogens (tertiary/aromatic N) is 3. The van der Waals surface area contributed by atoms with Crippen LogP contribution in [0.1, 0.15) is 54.9 Å². The summed E-state index contributed by atoms with van der Waals surface area (Å²) in [5, 5.41) is 9.06. The molecule has 0 radical (unpaired) electrons. The van der Waals surface area contributed by atoms with E-state index in [4.69, 9.17) is 5.26 Å². The molecule has 7 heteroatoms. The van der Waals surface area contributed by atoms with Gasteiger partial charge >= 0.3 is 0 Å². The van der Waals surface area contributed by atoms with E-state index in [0.29, 0.717) is 11.1 Å². The third-order valence-corrected chi connectivity index (χ3v) is 5.30. The molecule has 0 unspecified atom stereocenters. The summed E-state index contributed by atoms with van der Waals surface area (Å²) in [6, 6.07) is 9.96. The number of amides is 1. The number of benzene rings is 1. The Bertz CT molecular complexity index is 998. The maximum absolute atomic E-state index is 13.6. The number of ketones is 1. The van der Waals surface area contributed by atoms with E-state index in [1.807, 2.05) is 24.3 Å². The Kier molecular flexibility index (Phi) is 6.25. The largest absolute Gasteiger partial charge is 0.320 e. The smallest absolute Gasteiger partial charge is 0.268 e. The fourth-order valence-electron chi connectivity index (χ4n) is 3.79. The maximum Gasteiger partial charge on any atom is 0.268 e. The zero-order chi connectivity index (χ0) is 21.9. The Hall–Kier alpha value is -3.14. The summed E-state index contributed by atoms with van der Waals surface area (Å²) < 4.78 is 27.2. The van der Waals surface area contributed by atoms with Crippen molar-refractivity contribution in [3.63, 3.8) is 0 Å². The van der Waals surface area contributed by atoms with Crippen LogP contribution in [0, 0.1) is 11.3 Å². The Morgan fingerprint density at radius 2 is 1.97 bits per heavy atom. The first-order valence-corrected chi connectivity index (χ1v) is 9.87. The maximum atomic E-state index is 13.6. The molecule has 3 rings (SSSR count). The van der Waals surface area contributed by atoms with Crippen LogP contribution < -0.4 is 0 Å². The first kappa shape index (κ1) is 21.6. The number of alkyl halides is 2. The fourth-order valence-corrected chi connectivity index (χ4v) is 3.79. The van der Waals surface area contributed by atoms with Gasteiger partial charge in [-0.05, 0) is 23.1 Å². The predicted molar refractivity (Wildman–Crippen MR) is 108 cm³/mol. The lowest BCUT2D eigenvalue weighted by Crippen LogP contribution is -2.36. The molecular formula is C23H23F2N3O2. The lowest BCUT2D eigenvalue weighted by atomic mass is 9.89. The standard InChI is InChI=1S/C23H23F2N3O2/c1-15(2)17-5-3-4-6-18(17)20-13-27-10-9-19(20)21(29)7-8-22(30)28-14-23(24,25)11-16(28)12-26/h3-6,9-10,13,15-16H,7-8,11,14H2,1-2H3/t16-/m0/s1. The van der Waals surface area contributed by atoms with Gasteiger partial charge in [0.05, 0.1) is 12.6 Å². The minimum Gasteiger partial charge on any atom is -0.320 e. The van der Waals surface area contributed by atoms with Crippen molar-refractivity contribution in [3.05, 3.63) is 53.9 Å². The van der Waals surface area contributed by atoms with Crippen molar-refractivity contribution in [2.75, 3.05) is 6.54 Å². The number of nitriles is 1. The number of aromatic nitrogens is 1. The van der Waals surface area contributed by atoms with Crippen LogP contribution >= 0.6 is 0 Å². The number of rotatable bonds is 6. The van der Waals surface area contributed by atoms with Crippen LogP contribution in [-0.2, 0) is 4.79 Å². The SMILES string of the molecule is CC(C)c1ccccc1-c1cnccc1C(=O)CCC(=O)N1CC(F)(F)C[C@H]1C#N. The number of likely N-dealkylation sites (tertiary alicyclic amines) is 1. The minimum absolute atomic E-state index is 0.125. The highest BCUT2D eigenvalue weighted by Gasteiger charge is 2.47. The molecule has 5 nitrogen and oxygen atoms in total. The molecule has 0 N–H and O–H groups in total. The van der Waals surface area contributed by atoms with Crippen LogP contribution in [0.4, 0.5) is 8.78 Å². The van der Waals surface area contributed by atoms with Gasteiger partial charge in [0.15, 0.2) is 5.78 Å². The van der Waals surface area contributed by atoms with Crippen molar-refractivity contribution in [2.24, 2.45) is 0 Å². The van der Waals surface area contributed by atoms with Crippen LogP contribution in [0.15, 0.2) is 42.7 Å². The molecule has 1 amide bonds. The Morgan fingerprint density at radius 1 is 1.23 bits per heavy atom. The first-order chi connectivity index (χ1) is 14.2. The van der Waals surface area contributed by atoms with Crippen molar-refractivity contribution in [2.45, 2.75) is 51.0 Å². The molecule has 30 heavy (non-hydrogen) atoms. The number of halogens is 2. The summed E-state index contributed by atoms with van der Waals surface area (Å²) in [5.74, 6) is -3.70. The van der Waals surface area contributed by atoms with Gasteiger partial charge in [0.2, 0.25) is 5.91 Å². The molecule has 1 fully saturated rings. The number of Topliss-reactive ketones (excluding diaryl/α,β-unsaturated/α-hetero) is 1. The van der Waals surface area contributed by atoms with E-state index in [0.717, 1.165) is 16.0 Å². The summed E-state index contributed by atoms with van der Waals surface area (Å²) in [6.45, 7) is 3.35. The van der Waals surface area contributed by atoms with Crippen LogP contribution in [0.5, 0.6) is 0 Å². The molecule has 2 heterocycles. The van der Waals surface area contributed by atoms with Gasteiger partial charge in [0.25, 0.3) is 5.92 Å². The van der Waals surface area contributed by atoms with E-state index in [9.17, 15) is 18.4 Å². The second-order valence-corrected chi connectivity index (χ2v) is 7.81. The van der Waals surface area contributed by atoms with Gasteiger partial charge in [0, 0.05) is 42.8 Å². The minimum atomic E-state index is -3.07. The zero-order valence-electron chi connectivity index (χ0n) is 16.9. The second-order valence-electron chi connectivity index (χ2n) is 7.81. The molecule has 1 atom stereocenters. The Labute approximate surface area is 174 Å². The average molecular weight is 411 g/mol. The number of carbonyl (C=O) groups is 2. The molecule has 156 valence electrons. The van der Waals surface area contributed by atoms with Crippen molar-refractivity contribution < 1.29 is 18.4 Å². The van der Waals surface area contributed by atoms with Crippen molar-refractivity contribution >= 4 is 11.7 Å². The molecule has 1 aliphatic rings. The normalized spacial score (nSPS) is 17.7. The van der Waals surface area contributed by atoms with Gasteiger partial charge in [-0.2, -0.15) is 5.26 Å². The molecule has 1 aromatic heterocycles. The topological polar surface area (TPSA) is 74.1 Å². The van der Waals surface area contributed by atoms with Gasteiger partial charge in [-0.1, -0.05) is 38.1 Å². The van der Waals surface area contributed by atoms with Gasteiger partial charge in [-0.15, -0.1) is 0 Å². The molecule has 1 aromatic carbocycles. The molecular weight excluding hydrogens is 388 g/mol. The van der Waals surface area contributed by atoms with Crippen molar-refractivity contribution in [3.8, 4) is 17.2 Å². The lowest BCUT2D eigenvalue weighted by molar-refractivity contribution is -0.132. The van der Waals surface area contributed by atoms with Crippen molar-refractivity contribution in [1.29, 1.82) is 5.26 Å². The predicted octanol–water partition coefficient (Wildman–Crippen LogP) is 4.59. The highest BCUT2D eigenvalue weighted by atomic mass is 19.3. The van der Waals surface area contributed by atoms with Crippen LogP contribution in [-0.4, -0.2) is 40.1 Å². The third kappa shape index (κ3) is 4.54. The Balaban J connectivity index is 1.78. The fraction of sp³-hybridized carbons (Fsp3) is 0.391. The molecule has 0 aliphatic carbocycles. The van der Waals surface area contributed by atoms with E-state index in [2.05, 4.69) is 18.8 Å². The number of hydrogen-bond acceptors (Lipinski definition) is 4. The van der Waals surface area contributed by atoms with E-state index < -0.39 is 30.8 Å². The van der Waals surface area contributed by atoms with E-state index >= 15 is 0 Å². The third-order valence-electron chi connectivity index (χ3n) is 5.30. The number of pyridine rings is 1. The second kappa shape index (κ2) is 8.70. The van der Waals surface area contributed by atoms with Gasteiger partial charge in [-0.25, -0.2) is 8.78 Å². The summed E-state index contributed by atoms with van der Waals surface area (Å²) in [5.41, 5.74) is 3.10. The summed E-state index contributed by atoms with van der Waals surface area (Å²) in [7, 11) is 0. The summed E-state index contributed by atoms with van der Waals surface area (Å²) in [4.78, 5) is 30.4. The quantitative estimate of drug-likeness (QED) is 0.652. The van der Waals surface area contributed by atoms with E-state index in [1.54, 1.807) is 18.3 Å². The summed E-state index contributed by atoms with van der Waals surface area (Å²) >= 11 is 0. The molecule has 1 saturated heterocycles. The molecule has 1 aliphatic heterocycles. The number of carbonyl (C=O) groups excluding carboxylic acids is 2. The van der Waals surface area contributed by atoms with Gasteiger partial charge in [-0.3, -0.25) is 14.6 Å². The number of hydrogen-bond donors (Lipinski definition) is 0. The molecule has 2 aromatic rings. The lowest BCUT2D eigenvalue weighted by Gasteiger charge is -2.19. The van der Waals surface area contributed by atoms with E-state index in [-0.39, 0.29) is 24.5 Å². The van der Waals surface area contributed by atoms with Gasteiger partial charge < -0.3 is 4.90 Å². The summed E-state index contributed by atoms with van der Waals surface area (Å²) in [6.07, 6.45) is 2.14. The average Bonchev–Trinajstić information content (AvgIpc) is 3.06. The monoisotopic (exact) mass is 411 g/mol. The molecule has 0 spiro atoms. The van der Waals surface area contributed by atoms with Crippen LogP contribution in [0.25, 0.3) is 11.1 Å². The van der Waals surface area contributed by atoms with Crippen LogP contribution in [0.3, 0.4) is 0 Å². The Morgan fingerprint density at radius 3 is 2.67 bits per heavy atom. The highest BCUT2D eigenvalue weighted by Crippen LogP contribution is 2.33. The van der Waals surface area contributed by atoms with Gasteiger partial charge in [0.1, 0.15) is 6.04 Å². The van der Waals surface area contributed by atoms with E-state index in [1.165, 1.54) is 6.20 Å². The molecule has 0 bridgehead atoms. The first-order valence-electron chi connectivity index (χ1n) is 9.87. The van der Waals surface area contributed by atoms with Crippen LogP contribution in [0.2, 0.25) is 0 Å². The van der Waals surface area contributed by atoms with Crippen molar-refractivity contribution in [1.82, 2.24) is 9.88 Å². The zero-order valence-corrected chi connectivity index (χ0v) is 16.9.